The molecule has 1 unspecified atom stereocenters. The van der Waals surface area contributed by atoms with Crippen LogP contribution in [0, 0.1) is 12.8 Å². The van der Waals surface area contributed by atoms with Gasteiger partial charge in [0.1, 0.15) is 0 Å². The summed E-state index contributed by atoms with van der Waals surface area (Å²) in [7, 11) is 3.88. The molecule has 1 atom stereocenters. The Morgan fingerprint density at radius 2 is 2.32 bits per heavy atom. The van der Waals surface area contributed by atoms with E-state index < -0.39 is 0 Å². The third-order valence-electron chi connectivity index (χ3n) is 3.55. The molecule has 0 aliphatic carbocycles. The molecule has 0 saturated carbocycles. The van der Waals surface area contributed by atoms with Gasteiger partial charge in [0.05, 0.1) is 6.61 Å². The van der Waals surface area contributed by atoms with Crippen LogP contribution in [0.15, 0.2) is 9.52 Å². The molecule has 2 rings (SSSR count). The third-order valence-corrected chi connectivity index (χ3v) is 3.55. The first kappa shape index (κ1) is 19.1. The maximum absolute atomic E-state index is 5.41. The van der Waals surface area contributed by atoms with E-state index in [2.05, 4.69) is 32.4 Å². The second-order valence-electron chi connectivity index (χ2n) is 5.42. The molecule has 1 aliphatic heterocycles. The van der Waals surface area contributed by atoms with E-state index in [0.717, 1.165) is 51.5 Å². The number of halogens is 1. The zero-order valence-electron chi connectivity index (χ0n) is 13.5. The summed E-state index contributed by atoms with van der Waals surface area (Å²) < 4.78 is 10.5. The van der Waals surface area contributed by atoms with Crippen molar-refractivity contribution in [2.45, 2.75) is 26.2 Å². The highest BCUT2D eigenvalue weighted by Gasteiger charge is 2.18. The van der Waals surface area contributed by atoms with Crippen LogP contribution in [0.3, 0.4) is 0 Å². The normalized spacial score (nSPS) is 18.1. The summed E-state index contributed by atoms with van der Waals surface area (Å²) in [6, 6.07) is 0. The minimum Gasteiger partial charge on any atom is -0.381 e. The summed E-state index contributed by atoms with van der Waals surface area (Å²) in [4.78, 5) is 10.7. The molecule has 1 N–H and O–H groups in total. The van der Waals surface area contributed by atoms with Gasteiger partial charge in [-0.3, -0.25) is 4.99 Å². The van der Waals surface area contributed by atoms with E-state index in [1.54, 1.807) is 0 Å². The van der Waals surface area contributed by atoms with Gasteiger partial charge in [-0.25, -0.2) is 0 Å². The third kappa shape index (κ3) is 6.07. The number of hydrogen-bond donors (Lipinski definition) is 1. The number of ether oxygens (including phenoxy) is 1. The molecule has 0 bridgehead atoms. The number of hydrogen-bond acceptors (Lipinski definition) is 5. The molecule has 1 fully saturated rings. The molecule has 0 spiro atoms. The smallest absolute Gasteiger partial charge is 0.226 e. The maximum Gasteiger partial charge on any atom is 0.226 e. The molecule has 7 nitrogen and oxygen atoms in total. The lowest BCUT2D eigenvalue weighted by Gasteiger charge is -2.24. The number of nitrogens with one attached hydrogen (secondary N) is 1. The molecule has 0 amide bonds. The van der Waals surface area contributed by atoms with Crippen LogP contribution in [0.1, 0.15) is 24.6 Å². The summed E-state index contributed by atoms with van der Waals surface area (Å²) in [5, 5.41) is 7.15. The number of guanidine groups is 1. The Hall–Kier alpha value is -0.900. The van der Waals surface area contributed by atoms with E-state index >= 15 is 0 Å². The molecule has 22 heavy (non-hydrogen) atoms. The van der Waals surface area contributed by atoms with Crippen LogP contribution in [0.25, 0.3) is 0 Å². The van der Waals surface area contributed by atoms with Gasteiger partial charge in [0.15, 0.2) is 11.8 Å². The molecule has 2 heterocycles. The fourth-order valence-corrected chi connectivity index (χ4v) is 2.47. The lowest BCUT2D eigenvalue weighted by atomic mass is 10.1. The first-order valence-electron chi connectivity index (χ1n) is 7.47. The van der Waals surface area contributed by atoms with Crippen molar-refractivity contribution in [3.63, 3.8) is 0 Å². The molecule has 1 aromatic rings. The van der Waals surface area contributed by atoms with E-state index in [9.17, 15) is 0 Å². The fourth-order valence-electron chi connectivity index (χ4n) is 2.47. The van der Waals surface area contributed by atoms with Gasteiger partial charge in [0.2, 0.25) is 5.89 Å². The van der Waals surface area contributed by atoms with Gasteiger partial charge in [-0.1, -0.05) is 5.16 Å². The Morgan fingerprint density at radius 1 is 1.50 bits per heavy atom. The van der Waals surface area contributed by atoms with Crippen molar-refractivity contribution in [3.8, 4) is 0 Å². The Balaban J connectivity index is 0.00000242. The van der Waals surface area contributed by atoms with Gasteiger partial charge in [-0.2, -0.15) is 4.98 Å². The monoisotopic (exact) mass is 423 g/mol. The number of nitrogens with zero attached hydrogens (tertiary/aromatic N) is 4. The van der Waals surface area contributed by atoms with Crippen LogP contribution < -0.4 is 5.32 Å². The minimum atomic E-state index is 0. The molecular weight excluding hydrogens is 397 g/mol. The molecule has 8 heteroatoms. The van der Waals surface area contributed by atoms with Crippen molar-refractivity contribution in [2.75, 3.05) is 40.4 Å². The van der Waals surface area contributed by atoms with Crippen LogP contribution in [-0.2, 0) is 11.2 Å². The van der Waals surface area contributed by atoms with Crippen LogP contribution in [0.5, 0.6) is 0 Å². The van der Waals surface area contributed by atoms with E-state index in [1.165, 1.54) is 0 Å². The summed E-state index contributed by atoms with van der Waals surface area (Å²) in [6.45, 7) is 5.38. The molecule has 1 saturated heterocycles. The zero-order chi connectivity index (χ0) is 15.1. The van der Waals surface area contributed by atoms with Crippen molar-refractivity contribution >= 4 is 29.9 Å². The largest absolute Gasteiger partial charge is 0.381 e. The highest BCUT2D eigenvalue weighted by Crippen LogP contribution is 2.13. The molecule has 1 aliphatic rings. The average Bonchev–Trinajstić information content (AvgIpc) is 3.10. The van der Waals surface area contributed by atoms with Crippen molar-refractivity contribution in [2.24, 2.45) is 10.9 Å². The maximum atomic E-state index is 5.41. The lowest BCUT2D eigenvalue weighted by molar-refractivity contribution is 0.181. The fraction of sp³-hybridized carbons (Fsp3) is 0.786. The number of aromatic nitrogens is 2. The van der Waals surface area contributed by atoms with E-state index in [-0.39, 0.29) is 24.0 Å². The second kappa shape index (κ2) is 9.98. The summed E-state index contributed by atoms with van der Waals surface area (Å²) in [5.41, 5.74) is 0. The van der Waals surface area contributed by atoms with Crippen molar-refractivity contribution in [3.05, 3.63) is 11.7 Å². The Bertz CT molecular complexity index is 460. The van der Waals surface area contributed by atoms with Crippen molar-refractivity contribution < 1.29 is 9.26 Å². The predicted molar refractivity (Wildman–Crippen MR) is 95.7 cm³/mol. The Kier molecular flexibility index (Phi) is 8.69. The molecule has 126 valence electrons. The van der Waals surface area contributed by atoms with Gasteiger partial charge >= 0.3 is 0 Å². The standard InChI is InChI=1S/C14H25N5O2.HI/c1-11-17-13(21-18-11)5-4-7-16-14(15-2)19(3)9-12-6-8-20-10-12;/h12H,4-10H2,1-3H3,(H,15,16);1H. The highest BCUT2D eigenvalue weighted by molar-refractivity contribution is 14.0. The lowest BCUT2D eigenvalue weighted by Crippen LogP contribution is -2.41. The number of aryl methyl sites for hydroxylation is 2. The van der Waals surface area contributed by atoms with Gasteiger partial charge in [-0.15, -0.1) is 24.0 Å². The van der Waals surface area contributed by atoms with E-state index in [0.29, 0.717) is 17.6 Å². The van der Waals surface area contributed by atoms with Gasteiger partial charge in [-0.05, 0) is 19.8 Å². The van der Waals surface area contributed by atoms with Crippen LogP contribution in [0.2, 0.25) is 0 Å². The summed E-state index contributed by atoms with van der Waals surface area (Å²) in [5.74, 6) is 2.91. The predicted octanol–water partition coefficient (Wildman–Crippen LogP) is 1.47. The first-order valence-corrected chi connectivity index (χ1v) is 7.47. The average molecular weight is 423 g/mol. The number of rotatable bonds is 6. The zero-order valence-corrected chi connectivity index (χ0v) is 15.9. The van der Waals surface area contributed by atoms with Crippen LogP contribution in [-0.4, -0.2) is 61.4 Å². The van der Waals surface area contributed by atoms with Crippen LogP contribution >= 0.6 is 24.0 Å². The minimum absolute atomic E-state index is 0. The quantitative estimate of drug-likeness (QED) is 0.323. The summed E-state index contributed by atoms with van der Waals surface area (Å²) in [6.07, 6.45) is 2.85. The molecule has 0 radical (unpaired) electrons. The molecule has 1 aromatic heterocycles. The van der Waals surface area contributed by atoms with Crippen molar-refractivity contribution in [1.82, 2.24) is 20.4 Å². The van der Waals surface area contributed by atoms with E-state index in [1.807, 2.05) is 14.0 Å². The first-order chi connectivity index (χ1) is 10.2. The van der Waals surface area contributed by atoms with Gasteiger partial charge in [0, 0.05) is 46.1 Å². The molecule has 0 aromatic carbocycles. The topological polar surface area (TPSA) is 75.8 Å². The van der Waals surface area contributed by atoms with Crippen LogP contribution in [0.4, 0.5) is 0 Å². The number of aliphatic imine (C=N–C) groups is 1. The van der Waals surface area contributed by atoms with Crippen molar-refractivity contribution in [1.29, 1.82) is 0 Å². The van der Waals surface area contributed by atoms with Gasteiger partial charge < -0.3 is 19.5 Å². The Morgan fingerprint density at radius 3 is 2.91 bits per heavy atom. The van der Waals surface area contributed by atoms with E-state index in [4.69, 9.17) is 9.26 Å². The Labute approximate surface area is 148 Å². The molecular formula is C14H26IN5O2. The van der Waals surface area contributed by atoms with Gasteiger partial charge in [0.25, 0.3) is 0 Å². The second-order valence-corrected chi connectivity index (χ2v) is 5.42. The highest BCUT2D eigenvalue weighted by atomic mass is 127. The summed E-state index contributed by atoms with van der Waals surface area (Å²) >= 11 is 0. The SMILES string of the molecule is CN=C(NCCCc1nc(C)no1)N(C)CC1CCOC1.I.